The molecule has 0 rings (SSSR count). The van der Waals surface area contributed by atoms with Crippen LogP contribution in [0.4, 0.5) is 0 Å². The van der Waals surface area contributed by atoms with Crippen LogP contribution in [0.25, 0.3) is 0 Å². The summed E-state index contributed by atoms with van der Waals surface area (Å²) in [4.78, 5) is 23.3. The molecule has 0 aliphatic heterocycles. The molecule has 0 aromatic rings. The summed E-state index contributed by atoms with van der Waals surface area (Å²) in [5, 5.41) is 7.98. The van der Waals surface area contributed by atoms with Gasteiger partial charge in [0.05, 0.1) is 11.9 Å². The van der Waals surface area contributed by atoms with Crippen LogP contribution in [-0.4, -0.2) is 68.1 Å². The van der Waals surface area contributed by atoms with Gasteiger partial charge in [0.1, 0.15) is 12.3 Å². The molecule has 0 saturated heterocycles. The van der Waals surface area contributed by atoms with E-state index in [9.17, 15) is 18.0 Å². The molecule has 0 spiro atoms. The lowest BCUT2D eigenvalue weighted by Crippen LogP contribution is -2.42. The van der Waals surface area contributed by atoms with E-state index in [1.165, 1.54) is 21.0 Å². The number of rotatable bonds is 8. The number of carbonyl (C=O) groups excluding carboxylic acids is 1. The molecule has 18 heavy (non-hydrogen) atoms. The van der Waals surface area contributed by atoms with E-state index in [1.54, 1.807) is 0 Å². The summed E-state index contributed by atoms with van der Waals surface area (Å²) in [5.41, 5.74) is 0. The van der Waals surface area contributed by atoms with Gasteiger partial charge in [0.25, 0.3) is 0 Å². The number of methoxy groups -OCH3 is 1. The van der Waals surface area contributed by atoms with Gasteiger partial charge in [-0.15, -0.1) is 0 Å². The Balaban J connectivity index is 4.70. The Morgan fingerprint density at radius 2 is 1.89 bits per heavy atom. The third-order valence-electron chi connectivity index (χ3n) is 2.29. The van der Waals surface area contributed by atoms with Gasteiger partial charge in [-0.3, -0.25) is 9.59 Å². The van der Waals surface area contributed by atoms with E-state index in [-0.39, 0.29) is 13.2 Å². The minimum atomic E-state index is -3.53. The first-order valence-electron chi connectivity index (χ1n) is 5.40. The third-order valence-corrected chi connectivity index (χ3v) is 4.37. The maximum atomic E-state index is 11.7. The maximum Gasteiger partial charge on any atom is 0.323 e. The van der Waals surface area contributed by atoms with Crippen molar-refractivity contribution in [3.63, 3.8) is 0 Å². The zero-order valence-electron chi connectivity index (χ0n) is 10.7. The third kappa shape index (κ3) is 5.97. The lowest BCUT2D eigenvalue weighted by atomic mass is 10.4. The number of hydrogen-bond acceptors (Lipinski definition) is 5. The topological polar surface area (TPSA) is 101 Å². The Bertz CT molecular complexity index is 389. The zero-order valence-corrected chi connectivity index (χ0v) is 11.6. The molecule has 0 radical (unpaired) electrons. The Hall–Kier alpha value is -1.15. The molecular weight excluding hydrogens is 262 g/mol. The lowest BCUT2D eigenvalue weighted by Gasteiger charge is -2.20. The number of carbonyl (C=O) groups is 2. The van der Waals surface area contributed by atoms with Gasteiger partial charge < -0.3 is 14.7 Å². The molecule has 1 N–H and O–H groups in total. The second-order valence-corrected chi connectivity index (χ2v) is 6.61. The van der Waals surface area contributed by atoms with Crippen molar-refractivity contribution in [2.24, 2.45) is 0 Å². The van der Waals surface area contributed by atoms with Crippen molar-refractivity contribution in [3.8, 4) is 0 Å². The molecule has 0 bridgehead atoms. The van der Waals surface area contributed by atoms with Crippen molar-refractivity contribution in [3.05, 3.63) is 0 Å². The van der Waals surface area contributed by atoms with E-state index in [4.69, 9.17) is 9.84 Å². The van der Waals surface area contributed by atoms with Crippen LogP contribution in [0.1, 0.15) is 13.8 Å². The number of sulfone groups is 1. The molecule has 0 aliphatic carbocycles. The zero-order chi connectivity index (χ0) is 14.3. The standard InChI is InChI=1S/C10H19NO6S/c1-8(2)18(15,16)7-9(12)11(4-5-17-3)6-10(13)14/h8H,4-7H2,1-3H3,(H,13,14). The smallest absolute Gasteiger partial charge is 0.323 e. The molecule has 0 saturated carbocycles. The number of ether oxygens (including phenoxy) is 1. The van der Waals surface area contributed by atoms with Crippen LogP contribution in [0.3, 0.4) is 0 Å². The lowest BCUT2D eigenvalue weighted by molar-refractivity contribution is -0.143. The average Bonchev–Trinajstić information content (AvgIpc) is 2.22. The molecule has 0 aliphatic rings. The average molecular weight is 281 g/mol. The van der Waals surface area contributed by atoms with E-state index in [0.717, 1.165) is 4.90 Å². The molecule has 0 aromatic heterocycles. The second-order valence-electron chi connectivity index (χ2n) is 4.06. The second kappa shape index (κ2) is 7.32. The highest BCUT2D eigenvalue weighted by atomic mass is 32.2. The normalized spacial score (nSPS) is 11.6. The fraction of sp³-hybridized carbons (Fsp3) is 0.800. The van der Waals surface area contributed by atoms with Gasteiger partial charge in [0.2, 0.25) is 5.91 Å². The van der Waals surface area contributed by atoms with Gasteiger partial charge in [0, 0.05) is 13.7 Å². The van der Waals surface area contributed by atoms with E-state index < -0.39 is 39.3 Å². The fourth-order valence-corrected chi connectivity index (χ4v) is 1.95. The minimum Gasteiger partial charge on any atom is -0.480 e. The monoisotopic (exact) mass is 281 g/mol. The molecule has 106 valence electrons. The van der Waals surface area contributed by atoms with Crippen molar-refractivity contribution in [1.29, 1.82) is 0 Å². The number of amides is 1. The van der Waals surface area contributed by atoms with Crippen LogP contribution < -0.4 is 0 Å². The molecular formula is C10H19NO6S. The van der Waals surface area contributed by atoms with Gasteiger partial charge in [-0.25, -0.2) is 8.42 Å². The molecule has 0 atom stereocenters. The van der Waals surface area contributed by atoms with Crippen molar-refractivity contribution in [1.82, 2.24) is 4.90 Å². The summed E-state index contributed by atoms with van der Waals surface area (Å²) in [7, 11) is -2.12. The van der Waals surface area contributed by atoms with E-state index in [1.807, 2.05) is 0 Å². The molecule has 7 nitrogen and oxygen atoms in total. The molecule has 0 fully saturated rings. The summed E-state index contributed by atoms with van der Waals surface area (Å²) in [6.45, 7) is 2.62. The number of carboxylic acid groups (broad SMARTS) is 1. The molecule has 0 unspecified atom stereocenters. The molecule has 0 aromatic carbocycles. The largest absolute Gasteiger partial charge is 0.480 e. The van der Waals surface area contributed by atoms with Crippen molar-refractivity contribution < 1.29 is 27.9 Å². The number of aliphatic carboxylic acids is 1. The van der Waals surface area contributed by atoms with Gasteiger partial charge in [-0.1, -0.05) is 0 Å². The van der Waals surface area contributed by atoms with Crippen LogP contribution in [0.2, 0.25) is 0 Å². The molecule has 0 heterocycles. The maximum absolute atomic E-state index is 11.7. The highest BCUT2D eigenvalue weighted by Crippen LogP contribution is 2.03. The fourth-order valence-electron chi connectivity index (χ4n) is 1.09. The number of nitrogens with zero attached hydrogens (tertiary/aromatic N) is 1. The van der Waals surface area contributed by atoms with Crippen LogP contribution in [0.15, 0.2) is 0 Å². The Morgan fingerprint density at radius 1 is 1.33 bits per heavy atom. The summed E-state index contributed by atoms with van der Waals surface area (Å²) in [6.07, 6.45) is 0. The molecule has 8 heteroatoms. The Labute approximate surface area is 107 Å². The first-order chi connectivity index (χ1) is 8.20. The first-order valence-corrected chi connectivity index (χ1v) is 7.12. The van der Waals surface area contributed by atoms with Gasteiger partial charge in [0.15, 0.2) is 9.84 Å². The summed E-state index contributed by atoms with van der Waals surface area (Å²) in [5.74, 6) is -2.59. The molecule has 1 amide bonds. The van der Waals surface area contributed by atoms with Gasteiger partial charge in [-0.2, -0.15) is 0 Å². The van der Waals surface area contributed by atoms with Crippen molar-refractivity contribution in [2.75, 3.05) is 32.6 Å². The first kappa shape index (κ1) is 16.9. The van der Waals surface area contributed by atoms with Gasteiger partial charge in [-0.05, 0) is 13.8 Å². The number of carboxylic acids is 1. The summed E-state index contributed by atoms with van der Waals surface area (Å²) < 4.78 is 27.9. The quantitative estimate of drug-likeness (QED) is 0.635. The van der Waals surface area contributed by atoms with Gasteiger partial charge >= 0.3 is 5.97 Å². The van der Waals surface area contributed by atoms with E-state index in [0.29, 0.717) is 0 Å². The predicted octanol–water partition coefficient (Wildman–Crippen LogP) is -0.631. The number of hydrogen-bond donors (Lipinski definition) is 1. The SMILES string of the molecule is COCCN(CC(=O)O)C(=O)CS(=O)(=O)C(C)C. The Morgan fingerprint density at radius 3 is 2.28 bits per heavy atom. The van der Waals surface area contributed by atoms with E-state index in [2.05, 4.69) is 0 Å². The van der Waals surface area contributed by atoms with Crippen molar-refractivity contribution in [2.45, 2.75) is 19.1 Å². The van der Waals surface area contributed by atoms with Crippen LogP contribution in [-0.2, 0) is 24.2 Å². The highest BCUT2D eigenvalue weighted by molar-refractivity contribution is 7.92. The summed E-state index contributed by atoms with van der Waals surface area (Å²) >= 11 is 0. The summed E-state index contributed by atoms with van der Waals surface area (Å²) in [6, 6.07) is 0. The Kier molecular flexibility index (Phi) is 6.85. The highest BCUT2D eigenvalue weighted by Gasteiger charge is 2.25. The predicted molar refractivity (Wildman–Crippen MR) is 65.0 cm³/mol. The minimum absolute atomic E-state index is 0.0508. The van der Waals surface area contributed by atoms with E-state index >= 15 is 0 Å². The van der Waals surface area contributed by atoms with Crippen LogP contribution in [0.5, 0.6) is 0 Å². The van der Waals surface area contributed by atoms with Crippen LogP contribution in [0, 0.1) is 0 Å². The van der Waals surface area contributed by atoms with Crippen LogP contribution >= 0.6 is 0 Å². The van der Waals surface area contributed by atoms with Crippen molar-refractivity contribution >= 4 is 21.7 Å².